The minimum Gasteiger partial charge on any atom is -0.490 e. The minimum atomic E-state index is -4.00. The molecule has 37 heavy (non-hydrogen) atoms. The number of amides is 4. The van der Waals surface area contributed by atoms with Crippen molar-refractivity contribution in [2.24, 2.45) is 0 Å². The average Bonchev–Trinajstić information content (AvgIpc) is 3.16. The first-order valence-electron chi connectivity index (χ1n) is 11.7. The molecule has 4 rings (SSSR count). The molecule has 4 amide bonds. The van der Waals surface area contributed by atoms with Crippen LogP contribution in [0.1, 0.15) is 53.7 Å². The molecule has 0 radical (unpaired) electrons. The topological polar surface area (TPSA) is 105 Å². The summed E-state index contributed by atoms with van der Waals surface area (Å²) < 4.78 is 48.9. The highest BCUT2D eigenvalue weighted by molar-refractivity contribution is 6.32. The van der Waals surface area contributed by atoms with Gasteiger partial charge < -0.3 is 15.0 Å². The molecule has 2 aliphatic rings. The molecule has 0 saturated carbocycles. The summed E-state index contributed by atoms with van der Waals surface area (Å²) >= 11 is 0. The molecule has 12 heteroatoms. The third-order valence-corrected chi connectivity index (χ3v) is 6.53. The van der Waals surface area contributed by atoms with E-state index in [0.717, 1.165) is 18.2 Å². The largest absolute Gasteiger partial charge is 0.490 e. The number of alkyl halides is 2. The molecule has 2 aromatic carbocycles. The van der Waals surface area contributed by atoms with E-state index in [2.05, 4.69) is 10.6 Å². The molecule has 0 bridgehead atoms. The molecule has 1 fully saturated rings. The first-order chi connectivity index (χ1) is 17.3. The zero-order valence-corrected chi connectivity index (χ0v) is 20.5. The maximum atomic E-state index is 15.0. The Morgan fingerprint density at radius 3 is 2.62 bits per heavy atom. The number of carbonyl (C=O) groups excluding carboxylic acids is 4. The summed E-state index contributed by atoms with van der Waals surface area (Å²) in [5.41, 5.74) is -0.573. The van der Waals surface area contributed by atoms with Gasteiger partial charge in [0.15, 0.2) is 0 Å². The Labute approximate surface area is 211 Å². The first-order valence-corrected chi connectivity index (χ1v) is 11.7. The van der Waals surface area contributed by atoms with Gasteiger partial charge in [0.2, 0.25) is 11.8 Å². The van der Waals surface area contributed by atoms with Crippen LogP contribution >= 0.6 is 0 Å². The molecule has 2 aromatic rings. The van der Waals surface area contributed by atoms with Crippen LogP contribution in [0.3, 0.4) is 0 Å². The highest BCUT2D eigenvalue weighted by atomic mass is 19.3. The number of rotatable bonds is 7. The van der Waals surface area contributed by atoms with E-state index in [0.29, 0.717) is 16.7 Å². The predicted octanol–water partition coefficient (Wildman–Crippen LogP) is 1.74. The quantitative estimate of drug-likeness (QED) is 0.432. The van der Waals surface area contributed by atoms with Crippen LogP contribution in [0.15, 0.2) is 36.4 Å². The van der Waals surface area contributed by atoms with E-state index in [1.807, 2.05) is 0 Å². The molecular weight excluding hydrogens is 490 g/mol. The summed E-state index contributed by atoms with van der Waals surface area (Å²) in [6.45, 7) is 3.01. The molecule has 2 N–H and O–H groups in total. The third-order valence-electron chi connectivity index (χ3n) is 6.53. The van der Waals surface area contributed by atoms with Crippen LogP contribution < -0.4 is 15.4 Å². The number of hydrogen-bond acceptors (Lipinski definition) is 5. The van der Waals surface area contributed by atoms with Crippen LogP contribution in [0.4, 0.5) is 13.2 Å². The number of ether oxygens (including phenoxy) is 1. The number of nitrogens with zero attached hydrogens (tertiary/aromatic N) is 1. The van der Waals surface area contributed by atoms with Gasteiger partial charge in [-0.2, -0.15) is 8.78 Å². The fourth-order valence-corrected chi connectivity index (χ4v) is 4.46. The SMILES string of the molecule is B[C@@]1(N2Cc3cc(CNC(=O)C(F)(F)c4ccc(F)cc4OC(C)C)ccc3C2=O)CCC(=O)NC1=O. The molecule has 1 saturated heterocycles. The van der Waals surface area contributed by atoms with Gasteiger partial charge in [0.25, 0.3) is 11.8 Å². The van der Waals surface area contributed by atoms with E-state index in [-0.39, 0.29) is 31.8 Å². The van der Waals surface area contributed by atoms with Crippen molar-refractivity contribution in [3.8, 4) is 5.75 Å². The highest BCUT2D eigenvalue weighted by Gasteiger charge is 2.48. The molecule has 8 nitrogen and oxygen atoms in total. The summed E-state index contributed by atoms with van der Waals surface area (Å²) in [6, 6.07) is 7.10. The van der Waals surface area contributed by atoms with Crippen LogP contribution in [0, 0.1) is 5.82 Å². The highest BCUT2D eigenvalue weighted by Crippen LogP contribution is 2.37. The first kappa shape index (κ1) is 26.2. The third kappa shape index (κ3) is 4.92. The fourth-order valence-electron chi connectivity index (χ4n) is 4.46. The predicted molar refractivity (Wildman–Crippen MR) is 128 cm³/mol. The summed E-state index contributed by atoms with van der Waals surface area (Å²) in [4.78, 5) is 50.9. The monoisotopic (exact) mass is 515 g/mol. The summed E-state index contributed by atoms with van der Waals surface area (Å²) in [6.07, 6.45) is -0.233. The number of halogens is 3. The molecule has 2 aliphatic heterocycles. The average molecular weight is 515 g/mol. The minimum absolute atomic E-state index is 0.0930. The lowest BCUT2D eigenvalue weighted by Gasteiger charge is -2.39. The van der Waals surface area contributed by atoms with Crippen LogP contribution in [0.5, 0.6) is 5.75 Å². The van der Waals surface area contributed by atoms with Gasteiger partial charge in [-0.15, -0.1) is 0 Å². The van der Waals surface area contributed by atoms with Gasteiger partial charge in [-0.25, -0.2) is 4.39 Å². The number of nitrogens with one attached hydrogen (secondary N) is 2. The Balaban J connectivity index is 1.48. The molecule has 0 aromatic heterocycles. The maximum Gasteiger partial charge on any atom is 0.353 e. The lowest BCUT2D eigenvalue weighted by atomic mass is 9.70. The molecule has 0 spiro atoms. The molecule has 2 heterocycles. The molecular formula is C25H25BF3N3O5. The van der Waals surface area contributed by atoms with E-state index in [9.17, 15) is 23.6 Å². The Bertz CT molecular complexity index is 1300. The zero-order valence-electron chi connectivity index (χ0n) is 20.5. The molecule has 0 aliphatic carbocycles. The van der Waals surface area contributed by atoms with Gasteiger partial charge in [0.1, 0.15) is 19.4 Å². The van der Waals surface area contributed by atoms with Crippen molar-refractivity contribution in [1.82, 2.24) is 15.5 Å². The normalized spacial score (nSPS) is 19.6. The zero-order chi connectivity index (χ0) is 27.1. The van der Waals surface area contributed by atoms with Crippen LogP contribution in [0.2, 0.25) is 0 Å². The van der Waals surface area contributed by atoms with Crippen molar-refractivity contribution in [2.75, 3.05) is 0 Å². The second-order valence-corrected chi connectivity index (χ2v) is 9.60. The second kappa shape index (κ2) is 9.57. The van der Waals surface area contributed by atoms with Crippen LogP contribution in [-0.4, -0.2) is 47.9 Å². The van der Waals surface area contributed by atoms with Gasteiger partial charge in [0, 0.05) is 31.1 Å². The number of carbonyl (C=O) groups is 4. The van der Waals surface area contributed by atoms with Gasteiger partial charge in [-0.1, -0.05) is 12.1 Å². The van der Waals surface area contributed by atoms with Crippen LogP contribution in [-0.2, 0) is 33.4 Å². The lowest BCUT2D eigenvalue weighted by Crippen LogP contribution is -2.63. The van der Waals surface area contributed by atoms with Crippen molar-refractivity contribution < 1.29 is 37.1 Å². The second-order valence-electron chi connectivity index (χ2n) is 9.60. The number of imide groups is 1. The van der Waals surface area contributed by atoms with E-state index in [1.165, 1.54) is 17.0 Å². The molecule has 0 unspecified atom stereocenters. The van der Waals surface area contributed by atoms with Gasteiger partial charge in [-0.3, -0.25) is 24.5 Å². The number of benzene rings is 2. The molecule has 194 valence electrons. The standard InChI is InChI=1S/C25H25BF3N3O5/c1-13(2)37-19-10-16(27)4-6-18(19)25(28,29)23(36)30-11-14-3-5-17-15(9-14)12-32(21(17)34)24(26)8-7-20(33)31-22(24)35/h3-6,9-10,13H,7-8,11-12,26H2,1-2H3,(H,30,36)(H,31,33,35)/t24-/m1/s1. The summed E-state index contributed by atoms with van der Waals surface area (Å²) in [5, 5.41) is 4.45. The van der Waals surface area contributed by atoms with Crippen molar-refractivity contribution in [3.05, 3.63) is 64.5 Å². The molecule has 1 atom stereocenters. The van der Waals surface area contributed by atoms with Gasteiger partial charge in [0.05, 0.1) is 17.1 Å². The maximum absolute atomic E-state index is 15.0. The lowest BCUT2D eigenvalue weighted by molar-refractivity contribution is -0.147. The van der Waals surface area contributed by atoms with Crippen molar-refractivity contribution >= 4 is 31.5 Å². The Hall–Kier alpha value is -3.83. The number of hydrogen-bond donors (Lipinski definition) is 2. The Morgan fingerprint density at radius 2 is 1.95 bits per heavy atom. The van der Waals surface area contributed by atoms with E-state index < -0.39 is 52.3 Å². The smallest absolute Gasteiger partial charge is 0.353 e. The van der Waals surface area contributed by atoms with Crippen molar-refractivity contribution in [3.63, 3.8) is 0 Å². The van der Waals surface area contributed by atoms with E-state index in [1.54, 1.807) is 27.8 Å². The summed E-state index contributed by atoms with van der Waals surface area (Å²) in [7, 11) is 1.59. The van der Waals surface area contributed by atoms with Gasteiger partial charge in [-0.05, 0) is 49.6 Å². The number of piperidine rings is 1. The van der Waals surface area contributed by atoms with E-state index in [4.69, 9.17) is 4.74 Å². The number of fused-ring (bicyclic) bond motifs is 1. The van der Waals surface area contributed by atoms with Crippen molar-refractivity contribution in [2.45, 2.75) is 57.2 Å². The van der Waals surface area contributed by atoms with Crippen molar-refractivity contribution in [1.29, 1.82) is 0 Å². The fraction of sp³-hybridized carbons (Fsp3) is 0.360. The summed E-state index contributed by atoms with van der Waals surface area (Å²) in [5.74, 6) is -8.12. The van der Waals surface area contributed by atoms with Gasteiger partial charge >= 0.3 is 5.92 Å². The van der Waals surface area contributed by atoms with E-state index >= 15 is 8.78 Å². The Morgan fingerprint density at radius 1 is 1.22 bits per heavy atom. The van der Waals surface area contributed by atoms with Crippen LogP contribution in [0.25, 0.3) is 0 Å². The Kier molecular flexibility index (Phi) is 6.78.